The van der Waals surface area contributed by atoms with Gasteiger partial charge in [-0.15, -0.1) is 0 Å². The maximum Gasteiger partial charge on any atom is 0.115 e. The highest BCUT2D eigenvalue weighted by molar-refractivity contribution is 5.28. The highest BCUT2D eigenvalue weighted by Crippen LogP contribution is 2.13. The van der Waals surface area contributed by atoms with Crippen LogP contribution in [0.5, 0.6) is 11.5 Å². The number of benzene rings is 2. The maximum absolute atomic E-state index is 8.65. The summed E-state index contributed by atoms with van der Waals surface area (Å²) in [5.74, 6) is 0.339. The number of aromatic hydroxyl groups is 2. The molecule has 0 fully saturated rings. The molecule has 16 heavy (non-hydrogen) atoms. The average molecular weight is 216 g/mol. The Kier molecular flexibility index (Phi) is 4.40. The molecule has 0 bridgehead atoms. The van der Waals surface area contributed by atoms with Gasteiger partial charge in [-0.2, -0.15) is 0 Å². The summed E-state index contributed by atoms with van der Waals surface area (Å²) < 4.78 is 0. The van der Waals surface area contributed by atoms with Gasteiger partial charge in [0.1, 0.15) is 11.5 Å². The van der Waals surface area contributed by atoms with Crippen molar-refractivity contribution in [1.29, 1.82) is 0 Å². The van der Waals surface area contributed by atoms with Crippen LogP contribution < -0.4 is 0 Å². The van der Waals surface area contributed by atoms with Crippen molar-refractivity contribution >= 4 is 0 Å². The Morgan fingerprint density at radius 1 is 0.625 bits per heavy atom. The molecule has 0 saturated heterocycles. The quantitative estimate of drug-likeness (QED) is 0.662. The molecule has 0 aliphatic rings. The van der Waals surface area contributed by atoms with Crippen molar-refractivity contribution in [1.82, 2.24) is 0 Å². The van der Waals surface area contributed by atoms with Crippen LogP contribution in [0.2, 0.25) is 0 Å². The van der Waals surface area contributed by atoms with Gasteiger partial charge in [-0.3, -0.25) is 0 Å². The Labute approximate surface area is 95.8 Å². The molecular formula is C14H16O2. The maximum atomic E-state index is 8.65. The summed E-state index contributed by atoms with van der Waals surface area (Å²) in [5.41, 5.74) is 2.74. The van der Waals surface area contributed by atoms with Gasteiger partial charge in [-0.05, 0) is 49.2 Å². The molecule has 0 aliphatic heterocycles. The molecule has 0 spiro atoms. The van der Waals surface area contributed by atoms with Gasteiger partial charge >= 0.3 is 0 Å². The summed E-state index contributed by atoms with van der Waals surface area (Å²) in [7, 11) is 0. The van der Waals surface area contributed by atoms with Crippen LogP contribution in [-0.4, -0.2) is 10.2 Å². The Balaban J connectivity index is 0.000000160. The minimum absolute atomic E-state index is 0.169. The minimum Gasteiger partial charge on any atom is -0.508 e. The molecule has 0 aromatic heterocycles. The van der Waals surface area contributed by atoms with Gasteiger partial charge in [-0.1, -0.05) is 24.3 Å². The minimum atomic E-state index is 0.169. The van der Waals surface area contributed by atoms with Crippen molar-refractivity contribution in [3.05, 3.63) is 59.7 Å². The Hall–Kier alpha value is -1.96. The zero-order chi connectivity index (χ0) is 12.0. The normalized spacial score (nSPS) is 9.12. The molecular weight excluding hydrogens is 200 g/mol. The summed E-state index contributed by atoms with van der Waals surface area (Å²) in [6.07, 6.45) is 0. The van der Waals surface area contributed by atoms with E-state index in [1.165, 1.54) is 35.4 Å². The van der Waals surface area contributed by atoms with Gasteiger partial charge in [-0.25, -0.2) is 0 Å². The van der Waals surface area contributed by atoms with Crippen molar-refractivity contribution in [2.45, 2.75) is 13.8 Å². The van der Waals surface area contributed by atoms with Crippen molar-refractivity contribution < 1.29 is 10.2 Å². The smallest absolute Gasteiger partial charge is 0.115 e. The molecule has 0 radical (unpaired) electrons. The lowest BCUT2D eigenvalue weighted by Gasteiger charge is -1.93. The molecule has 0 heterocycles. The van der Waals surface area contributed by atoms with Gasteiger partial charge in [0.25, 0.3) is 0 Å². The van der Waals surface area contributed by atoms with Gasteiger partial charge in [0.15, 0.2) is 0 Å². The third-order valence-electron chi connectivity index (χ3n) is 2.28. The van der Waals surface area contributed by atoms with Crippen LogP contribution >= 0.6 is 0 Å². The lowest BCUT2D eigenvalue weighted by Crippen LogP contribution is -1.74. The van der Waals surface area contributed by atoms with Crippen LogP contribution in [0.3, 0.4) is 0 Å². The Bertz CT molecular complexity index is 391. The molecule has 0 unspecified atom stereocenters. The van der Waals surface area contributed by atoms with Crippen LogP contribution in [0.4, 0.5) is 0 Å². The molecule has 2 nitrogen and oxygen atoms in total. The Morgan fingerprint density at radius 3 is 1.19 bits per heavy atom. The first-order chi connectivity index (χ1) is 7.59. The fraction of sp³-hybridized carbons (Fsp3) is 0.143. The Morgan fingerprint density at radius 2 is 0.938 bits per heavy atom. The number of hydrogen-bond acceptors (Lipinski definition) is 2. The SMILES string of the molecule is Cc1ccccc1C.Oc1ccc(O)cc1. The van der Waals surface area contributed by atoms with Gasteiger partial charge in [0.05, 0.1) is 0 Å². The first kappa shape index (κ1) is 12.1. The highest BCUT2D eigenvalue weighted by atomic mass is 16.3. The van der Waals surface area contributed by atoms with E-state index < -0.39 is 0 Å². The summed E-state index contributed by atoms with van der Waals surface area (Å²) in [6.45, 7) is 4.24. The van der Waals surface area contributed by atoms with Crippen molar-refractivity contribution in [3.8, 4) is 11.5 Å². The van der Waals surface area contributed by atoms with E-state index >= 15 is 0 Å². The molecule has 2 aromatic carbocycles. The number of phenols is 2. The predicted molar refractivity (Wildman–Crippen MR) is 65.7 cm³/mol. The van der Waals surface area contributed by atoms with E-state index in [1.54, 1.807) is 0 Å². The second kappa shape index (κ2) is 5.81. The third kappa shape index (κ3) is 4.05. The van der Waals surface area contributed by atoms with E-state index in [9.17, 15) is 0 Å². The number of aryl methyl sites for hydroxylation is 2. The van der Waals surface area contributed by atoms with E-state index in [4.69, 9.17) is 10.2 Å². The van der Waals surface area contributed by atoms with E-state index in [1.807, 2.05) is 0 Å². The molecule has 2 rings (SSSR count). The predicted octanol–water partition coefficient (Wildman–Crippen LogP) is 3.40. The first-order valence-electron chi connectivity index (χ1n) is 5.10. The van der Waals surface area contributed by atoms with Crippen molar-refractivity contribution in [2.75, 3.05) is 0 Å². The van der Waals surface area contributed by atoms with Crippen molar-refractivity contribution in [3.63, 3.8) is 0 Å². The second-order valence-corrected chi connectivity index (χ2v) is 3.60. The molecule has 2 heteroatoms. The van der Waals surface area contributed by atoms with E-state index in [0.717, 1.165) is 0 Å². The van der Waals surface area contributed by atoms with E-state index in [0.29, 0.717) is 0 Å². The van der Waals surface area contributed by atoms with Crippen LogP contribution in [0.25, 0.3) is 0 Å². The molecule has 0 atom stereocenters. The van der Waals surface area contributed by atoms with Crippen LogP contribution in [0.1, 0.15) is 11.1 Å². The van der Waals surface area contributed by atoms with E-state index in [-0.39, 0.29) is 11.5 Å². The van der Waals surface area contributed by atoms with Crippen molar-refractivity contribution in [2.24, 2.45) is 0 Å². The number of hydrogen-bond donors (Lipinski definition) is 2. The zero-order valence-corrected chi connectivity index (χ0v) is 9.51. The van der Waals surface area contributed by atoms with Gasteiger partial charge in [0.2, 0.25) is 0 Å². The van der Waals surface area contributed by atoms with Gasteiger partial charge in [0, 0.05) is 0 Å². The lowest BCUT2D eigenvalue weighted by atomic mass is 10.1. The third-order valence-corrected chi connectivity index (χ3v) is 2.28. The second-order valence-electron chi connectivity index (χ2n) is 3.60. The number of rotatable bonds is 0. The first-order valence-corrected chi connectivity index (χ1v) is 5.10. The summed E-state index contributed by atoms with van der Waals surface area (Å²) >= 11 is 0. The average Bonchev–Trinajstić information content (AvgIpc) is 2.28. The molecule has 2 N–H and O–H groups in total. The standard InChI is InChI=1S/C8H10.C6H6O2/c1-7-5-3-4-6-8(7)2;7-5-1-2-6(8)4-3-5/h3-6H,1-2H3;1-4,7-8H. The molecule has 0 amide bonds. The molecule has 0 aliphatic carbocycles. The molecule has 0 saturated carbocycles. The van der Waals surface area contributed by atoms with Crippen LogP contribution in [0.15, 0.2) is 48.5 Å². The summed E-state index contributed by atoms with van der Waals surface area (Å²) in [4.78, 5) is 0. The summed E-state index contributed by atoms with van der Waals surface area (Å²) in [6, 6.07) is 14.1. The summed E-state index contributed by atoms with van der Waals surface area (Å²) in [5, 5.41) is 17.3. The van der Waals surface area contributed by atoms with Crippen LogP contribution in [0, 0.1) is 13.8 Å². The monoisotopic (exact) mass is 216 g/mol. The molecule has 2 aromatic rings. The molecule has 84 valence electrons. The number of phenolic OH excluding ortho intramolecular Hbond substituents is 2. The van der Waals surface area contributed by atoms with Crippen LogP contribution in [-0.2, 0) is 0 Å². The lowest BCUT2D eigenvalue weighted by molar-refractivity contribution is 0.460. The fourth-order valence-electron chi connectivity index (χ4n) is 1.12. The fourth-order valence-corrected chi connectivity index (χ4v) is 1.12. The van der Waals surface area contributed by atoms with E-state index in [2.05, 4.69) is 38.1 Å². The highest BCUT2D eigenvalue weighted by Gasteiger charge is 1.84. The van der Waals surface area contributed by atoms with Gasteiger partial charge < -0.3 is 10.2 Å². The topological polar surface area (TPSA) is 40.5 Å². The zero-order valence-electron chi connectivity index (χ0n) is 9.51. The largest absolute Gasteiger partial charge is 0.508 e.